The number of hydrogen-bond acceptors (Lipinski definition) is 3. The van der Waals surface area contributed by atoms with E-state index in [9.17, 15) is 9.18 Å². The Morgan fingerprint density at radius 3 is 2.65 bits per heavy atom. The minimum absolute atomic E-state index is 0.305. The maximum Gasteiger partial charge on any atom is 0.271 e. The van der Waals surface area contributed by atoms with Crippen LogP contribution in [0.25, 0.3) is 5.69 Å². The molecule has 0 atom stereocenters. The minimum Gasteiger partial charge on any atom is -0.267 e. The molecule has 7 heteroatoms. The standard InChI is InChI=1S/C19H16ClFN4O/c1-12-18(11-22-23-19(26)14-4-3-5-15(20)10-14)13(2)25(24-12)17-8-6-16(21)7-9-17/h3-11H,1-2H3,(H,23,26)/b22-11-. The number of benzene rings is 2. The molecule has 0 bridgehead atoms. The monoisotopic (exact) mass is 370 g/mol. The zero-order chi connectivity index (χ0) is 18.7. The molecule has 3 rings (SSSR count). The molecule has 2 aromatic carbocycles. The van der Waals surface area contributed by atoms with Crippen LogP contribution in [-0.2, 0) is 0 Å². The molecule has 5 nitrogen and oxygen atoms in total. The molecule has 0 aliphatic heterocycles. The van der Waals surface area contributed by atoms with E-state index < -0.39 is 0 Å². The number of aromatic nitrogens is 2. The lowest BCUT2D eigenvalue weighted by molar-refractivity contribution is 0.0955. The van der Waals surface area contributed by atoms with Gasteiger partial charge in [0.05, 0.1) is 23.3 Å². The lowest BCUT2D eigenvalue weighted by Crippen LogP contribution is -2.17. The zero-order valence-corrected chi connectivity index (χ0v) is 15.0. The highest BCUT2D eigenvalue weighted by atomic mass is 35.5. The van der Waals surface area contributed by atoms with Gasteiger partial charge in [0.25, 0.3) is 5.91 Å². The van der Waals surface area contributed by atoms with Gasteiger partial charge in [0.2, 0.25) is 0 Å². The fourth-order valence-electron chi connectivity index (χ4n) is 2.52. The van der Waals surface area contributed by atoms with Gasteiger partial charge in [-0.15, -0.1) is 0 Å². The molecule has 3 aromatic rings. The minimum atomic E-state index is -0.356. The summed E-state index contributed by atoms with van der Waals surface area (Å²) in [5.74, 6) is -0.661. The number of amides is 1. The zero-order valence-electron chi connectivity index (χ0n) is 14.2. The first-order chi connectivity index (χ1) is 12.5. The quantitative estimate of drug-likeness (QED) is 0.556. The van der Waals surface area contributed by atoms with Crippen molar-refractivity contribution in [3.05, 3.63) is 81.9 Å². The molecule has 0 unspecified atom stereocenters. The summed E-state index contributed by atoms with van der Waals surface area (Å²) >= 11 is 5.88. The molecule has 26 heavy (non-hydrogen) atoms. The molecule has 0 saturated carbocycles. The van der Waals surface area contributed by atoms with E-state index in [1.807, 2.05) is 13.8 Å². The van der Waals surface area contributed by atoms with E-state index in [4.69, 9.17) is 11.6 Å². The highest BCUT2D eigenvalue weighted by Crippen LogP contribution is 2.17. The SMILES string of the molecule is Cc1nn(-c2ccc(F)cc2)c(C)c1/C=N\NC(=O)c1cccc(Cl)c1. The number of carbonyl (C=O) groups excluding carboxylic acids is 1. The van der Waals surface area contributed by atoms with E-state index in [0.29, 0.717) is 10.6 Å². The number of aryl methyl sites for hydroxylation is 1. The van der Waals surface area contributed by atoms with Crippen LogP contribution in [0.3, 0.4) is 0 Å². The number of rotatable bonds is 4. The molecular weight excluding hydrogens is 355 g/mol. The van der Waals surface area contributed by atoms with Crippen LogP contribution in [0.5, 0.6) is 0 Å². The van der Waals surface area contributed by atoms with Crippen molar-refractivity contribution in [1.82, 2.24) is 15.2 Å². The molecule has 0 spiro atoms. The van der Waals surface area contributed by atoms with E-state index >= 15 is 0 Å². The highest BCUT2D eigenvalue weighted by Gasteiger charge is 2.11. The molecule has 1 heterocycles. The second-order valence-electron chi connectivity index (χ2n) is 5.68. The maximum atomic E-state index is 13.1. The number of nitrogens with zero attached hydrogens (tertiary/aromatic N) is 3. The highest BCUT2D eigenvalue weighted by molar-refractivity contribution is 6.30. The van der Waals surface area contributed by atoms with Crippen LogP contribution < -0.4 is 5.43 Å². The van der Waals surface area contributed by atoms with Gasteiger partial charge in [-0.25, -0.2) is 14.5 Å². The van der Waals surface area contributed by atoms with E-state index in [-0.39, 0.29) is 11.7 Å². The van der Waals surface area contributed by atoms with Crippen LogP contribution in [0.15, 0.2) is 53.6 Å². The van der Waals surface area contributed by atoms with Crippen LogP contribution in [0, 0.1) is 19.7 Å². The van der Waals surface area contributed by atoms with Crippen LogP contribution in [0.4, 0.5) is 4.39 Å². The summed E-state index contributed by atoms with van der Waals surface area (Å²) in [6.07, 6.45) is 1.54. The fourth-order valence-corrected chi connectivity index (χ4v) is 2.72. The number of carbonyl (C=O) groups is 1. The van der Waals surface area contributed by atoms with Gasteiger partial charge in [0.1, 0.15) is 5.82 Å². The van der Waals surface area contributed by atoms with Crippen LogP contribution in [0.2, 0.25) is 5.02 Å². The number of hydrogen-bond donors (Lipinski definition) is 1. The van der Waals surface area contributed by atoms with Crippen molar-refractivity contribution in [2.45, 2.75) is 13.8 Å². The molecule has 0 radical (unpaired) electrons. The van der Waals surface area contributed by atoms with Gasteiger partial charge < -0.3 is 0 Å². The Balaban J connectivity index is 1.78. The Kier molecular flexibility index (Phi) is 5.14. The van der Waals surface area contributed by atoms with Gasteiger partial charge in [-0.2, -0.15) is 10.2 Å². The Bertz CT molecular complexity index is 980. The molecule has 1 aromatic heterocycles. The van der Waals surface area contributed by atoms with Gasteiger partial charge in [-0.05, 0) is 56.3 Å². The second-order valence-corrected chi connectivity index (χ2v) is 6.12. The second kappa shape index (κ2) is 7.49. The summed E-state index contributed by atoms with van der Waals surface area (Å²) in [6, 6.07) is 12.7. The molecular formula is C19H16ClFN4O. The number of hydrazone groups is 1. The maximum absolute atomic E-state index is 13.1. The van der Waals surface area contributed by atoms with Gasteiger partial charge in [0, 0.05) is 16.1 Å². The molecule has 0 aliphatic carbocycles. The summed E-state index contributed by atoms with van der Waals surface area (Å²) in [5.41, 5.74) is 5.99. The molecule has 132 valence electrons. The van der Waals surface area contributed by atoms with Gasteiger partial charge in [0.15, 0.2) is 0 Å². The number of halogens is 2. The normalized spacial score (nSPS) is 11.1. The first-order valence-electron chi connectivity index (χ1n) is 7.87. The van der Waals surface area contributed by atoms with Crippen molar-refractivity contribution in [1.29, 1.82) is 0 Å². The molecule has 1 amide bonds. The molecule has 1 N–H and O–H groups in total. The average Bonchev–Trinajstić information content (AvgIpc) is 2.90. The first-order valence-corrected chi connectivity index (χ1v) is 8.24. The van der Waals surface area contributed by atoms with Crippen molar-refractivity contribution >= 4 is 23.7 Å². The fraction of sp³-hybridized carbons (Fsp3) is 0.105. The predicted molar refractivity (Wildman–Crippen MR) is 99.5 cm³/mol. The van der Waals surface area contributed by atoms with Gasteiger partial charge >= 0.3 is 0 Å². The first kappa shape index (κ1) is 17.8. The summed E-state index contributed by atoms with van der Waals surface area (Å²) in [4.78, 5) is 12.1. The topological polar surface area (TPSA) is 59.3 Å². The van der Waals surface area contributed by atoms with Crippen molar-refractivity contribution in [2.24, 2.45) is 5.10 Å². The van der Waals surface area contributed by atoms with E-state index in [1.54, 1.807) is 47.3 Å². The predicted octanol–water partition coefficient (Wildman–Crippen LogP) is 4.05. The van der Waals surface area contributed by atoms with E-state index in [1.165, 1.54) is 12.1 Å². The largest absolute Gasteiger partial charge is 0.271 e. The Morgan fingerprint density at radius 1 is 1.23 bits per heavy atom. The molecule has 0 fully saturated rings. The lowest BCUT2D eigenvalue weighted by atomic mass is 10.2. The molecule has 0 aliphatic rings. The summed E-state index contributed by atoms with van der Waals surface area (Å²) in [5, 5.41) is 8.94. The van der Waals surface area contributed by atoms with Gasteiger partial charge in [-0.3, -0.25) is 4.79 Å². The Labute approximate surface area is 155 Å². The third kappa shape index (κ3) is 3.81. The average molecular weight is 371 g/mol. The summed E-state index contributed by atoms with van der Waals surface area (Å²) in [6.45, 7) is 3.72. The Morgan fingerprint density at radius 2 is 1.96 bits per heavy atom. The van der Waals surface area contributed by atoms with Crippen LogP contribution >= 0.6 is 11.6 Å². The summed E-state index contributed by atoms with van der Waals surface area (Å²) < 4.78 is 14.8. The van der Waals surface area contributed by atoms with Crippen LogP contribution in [-0.4, -0.2) is 21.9 Å². The molecule has 0 saturated heterocycles. The third-order valence-electron chi connectivity index (χ3n) is 3.87. The number of nitrogens with one attached hydrogen (secondary N) is 1. The lowest BCUT2D eigenvalue weighted by Gasteiger charge is -2.04. The summed E-state index contributed by atoms with van der Waals surface area (Å²) in [7, 11) is 0. The van der Waals surface area contributed by atoms with Crippen molar-refractivity contribution in [3.63, 3.8) is 0 Å². The van der Waals surface area contributed by atoms with Crippen molar-refractivity contribution < 1.29 is 9.18 Å². The smallest absolute Gasteiger partial charge is 0.267 e. The van der Waals surface area contributed by atoms with Crippen molar-refractivity contribution in [3.8, 4) is 5.69 Å². The third-order valence-corrected chi connectivity index (χ3v) is 4.10. The van der Waals surface area contributed by atoms with E-state index in [0.717, 1.165) is 22.6 Å². The van der Waals surface area contributed by atoms with Gasteiger partial charge in [-0.1, -0.05) is 17.7 Å². The van der Waals surface area contributed by atoms with Crippen LogP contribution in [0.1, 0.15) is 27.3 Å². The van der Waals surface area contributed by atoms with Crippen molar-refractivity contribution in [2.75, 3.05) is 0 Å². The Hall–Kier alpha value is -2.99. The van der Waals surface area contributed by atoms with E-state index in [2.05, 4.69) is 15.6 Å².